The lowest BCUT2D eigenvalue weighted by atomic mass is 10.2. The van der Waals surface area contributed by atoms with Crippen LogP contribution < -0.4 is 0 Å². The molecule has 1 N–H and O–H groups in total. The number of hydrogen-bond donors (Lipinski definition) is 1. The van der Waals surface area contributed by atoms with Gasteiger partial charge in [-0.2, -0.15) is 0 Å². The first kappa shape index (κ1) is 12.0. The molecule has 0 radical (unpaired) electrons. The van der Waals surface area contributed by atoms with E-state index in [0.29, 0.717) is 0 Å². The number of aliphatic hydroxyl groups excluding tert-OH is 1. The summed E-state index contributed by atoms with van der Waals surface area (Å²) in [7, 11) is 4.21. The molecule has 2 fully saturated rings. The lowest BCUT2D eigenvalue weighted by molar-refractivity contribution is 0.183. The Morgan fingerprint density at radius 2 is 1.57 bits per heavy atom. The van der Waals surface area contributed by atoms with Gasteiger partial charge in [0, 0.05) is 19.6 Å². The number of likely N-dealkylation sites (N-methyl/N-ethyl adjacent to an activating group) is 1. The van der Waals surface area contributed by atoms with Crippen LogP contribution >= 0.6 is 0 Å². The van der Waals surface area contributed by atoms with E-state index >= 15 is 0 Å². The van der Waals surface area contributed by atoms with Crippen molar-refractivity contribution in [3.05, 3.63) is 0 Å². The summed E-state index contributed by atoms with van der Waals surface area (Å²) in [6, 6.07) is 0. The van der Waals surface area contributed by atoms with Crippen LogP contribution in [0.4, 0.5) is 0 Å². The molecule has 3 nitrogen and oxygen atoms in total. The van der Waals surface area contributed by atoms with Crippen molar-refractivity contribution in [1.82, 2.24) is 9.80 Å². The van der Waals surface area contributed by atoms with Gasteiger partial charge in [-0.15, -0.1) is 0 Å². The second-order valence-corrected chi connectivity index (χ2v) is 4.86. The minimum atomic E-state index is -0.0509. The van der Waals surface area contributed by atoms with Crippen molar-refractivity contribution in [3.8, 4) is 0 Å². The first-order valence-corrected chi connectivity index (χ1v) is 5.63. The summed E-state index contributed by atoms with van der Waals surface area (Å²) in [6.45, 7) is 6.84. The standard InChI is InChI=1S/C6H13N.C5H11NO/c1-6-3-4-7(2)5-6;1-6-3-2-5(7)4-6/h6H,3-5H2,1-2H3;5,7H,2-4H2,1H3/t6-;5-/m11/s1. The predicted octanol–water partition coefficient (Wildman–Crippen LogP) is 0.641. The fraction of sp³-hybridized carbons (Fsp3) is 1.00. The summed E-state index contributed by atoms with van der Waals surface area (Å²) >= 11 is 0. The highest BCUT2D eigenvalue weighted by molar-refractivity contribution is 4.70. The maximum absolute atomic E-state index is 8.86. The summed E-state index contributed by atoms with van der Waals surface area (Å²) in [6.07, 6.45) is 2.30. The fourth-order valence-corrected chi connectivity index (χ4v) is 2.07. The fourth-order valence-electron chi connectivity index (χ4n) is 2.07. The van der Waals surface area contributed by atoms with E-state index in [0.717, 1.165) is 25.4 Å². The van der Waals surface area contributed by atoms with Crippen LogP contribution in [0.5, 0.6) is 0 Å². The van der Waals surface area contributed by atoms with E-state index in [-0.39, 0.29) is 6.10 Å². The lowest BCUT2D eigenvalue weighted by Gasteiger charge is -2.03. The molecular formula is C11H24N2O. The van der Waals surface area contributed by atoms with Crippen molar-refractivity contribution in [2.45, 2.75) is 25.9 Å². The number of aliphatic hydroxyl groups is 1. The highest BCUT2D eigenvalue weighted by Gasteiger charge is 2.15. The van der Waals surface area contributed by atoms with Crippen LogP contribution in [0.15, 0.2) is 0 Å². The zero-order chi connectivity index (χ0) is 10.6. The summed E-state index contributed by atoms with van der Waals surface area (Å²) in [5.74, 6) is 0.949. The molecule has 2 saturated heterocycles. The molecule has 84 valence electrons. The molecule has 0 saturated carbocycles. The Kier molecular flexibility index (Phi) is 4.85. The Bertz CT molecular complexity index is 129. The Hall–Kier alpha value is -0.120. The van der Waals surface area contributed by atoms with E-state index in [1.54, 1.807) is 0 Å². The lowest BCUT2D eigenvalue weighted by Crippen LogP contribution is -2.15. The summed E-state index contributed by atoms with van der Waals surface area (Å²) in [5.41, 5.74) is 0. The van der Waals surface area contributed by atoms with Gasteiger partial charge in [-0.3, -0.25) is 0 Å². The van der Waals surface area contributed by atoms with E-state index in [4.69, 9.17) is 5.11 Å². The molecule has 2 aliphatic heterocycles. The van der Waals surface area contributed by atoms with Crippen molar-refractivity contribution in [2.24, 2.45) is 5.92 Å². The van der Waals surface area contributed by atoms with Gasteiger partial charge in [0.05, 0.1) is 6.10 Å². The molecule has 0 amide bonds. The Morgan fingerprint density at radius 1 is 1.00 bits per heavy atom. The van der Waals surface area contributed by atoms with Crippen molar-refractivity contribution < 1.29 is 5.11 Å². The molecule has 2 heterocycles. The van der Waals surface area contributed by atoms with Crippen molar-refractivity contribution in [3.63, 3.8) is 0 Å². The van der Waals surface area contributed by atoms with Crippen molar-refractivity contribution in [1.29, 1.82) is 0 Å². The van der Waals surface area contributed by atoms with Crippen LogP contribution in [0.2, 0.25) is 0 Å². The third-order valence-electron chi connectivity index (χ3n) is 2.99. The highest BCUT2D eigenvalue weighted by Crippen LogP contribution is 2.11. The molecule has 0 aliphatic carbocycles. The average Bonchev–Trinajstić information content (AvgIpc) is 2.63. The number of nitrogens with zero attached hydrogens (tertiary/aromatic N) is 2. The normalized spacial score (nSPS) is 34.3. The number of β-amino-alcohol motifs (C(OH)–C–C–N with tert-alkyl or cyclic N) is 1. The summed E-state index contributed by atoms with van der Waals surface area (Å²) in [5, 5.41) is 8.86. The highest BCUT2D eigenvalue weighted by atomic mass is 16.3. The van der Waals surface area contributed by atoms with Crippen molar-refractivity contribution in [2.75, 3.05) is 40.3 Å². The molecule has 0 aromatic heterocycles. The molecule has 0 aromatic carbocycles. The molecule has 2 rings (SSSR count). The SMILES string of the molecule is CN1CC[C@@H](O)C1.C[C@@H]1CCN(C)C1. The Balaban J connectivity index is 0.000000140. The van der Waals surface area contributed by atoms with Crippen LogP contribution in [-0.4, -0.2) is 61.3 Å². The quantitative estimate of drug-likeness (QED) is 0.622. The predicted molar refractivity (Wildman–Crippen MR) is 59.4 cm³/mol. The van der Waals surface area contributed by atoms with Gasteiger partial charge >= 0.3 is 0 Å². The van der Waals surface area contributed by atoms with Gasteiger partial charge in [0.2, 0.25) is 0 Å². The molecule has 2 atom stereocenters. The van der Waals surface area contributed by atoms with Gasteiger partial charge in [0.15, 0.2) is 0 Å². The second kappa shape index (κ2) is 5.69. The topological polar surface area (TPSA) is 26.7 Å². The Morgan fingerprint density at radius 3 is 1.71 bits per heavy atom. The third-order valence-corrected chi connectivity index (χ3v) is 2.99. The molecule has 0 aromatic rings. The van der Waals surface area contributed by atoms with Gasteiger partial charge in [-0.1, -0.05) is 6.92 Å². The van der Waals surface area contributed by atoms with Gasteiger partial charge in [-0.25, -0.2) is 0 Å². The van der Waals surface area contributed by atoms with E-state index in [9.17, 15) is 0 Å². The first-order valence-electron chi connectivity index (χ1n) is 5.63. The monoisotopic (exact) mass is 200 g/mol. The number of hydrogen-bond acceptors (Lipinski definition) is 3. The van der Waals surface area contributed by atoms with E-state index in [2.05, 4.69) is 23.8 Å². The van der Waals surface area contributed by atoms with Crippen LogP contribution in [0.3, 0.4) is 0 Å². The number of rotatable bonds is 0. The number of likely N-dealkylation sites (tertiary alicyclic amines) is 2. The average molecular weight is 200 g/mol. The van der Waals surface area contributed by atoms with E-state index in [1.807, 2.05) is 7.05 Å². The molecule has 14 heavy (non-hydrogen) atoms. The summed E-state index contributed by atoms with van der Waals surface area (Å²) < 4.78 is 0. The second-order valence-electron chi connectivity index (χ2n) is 4.86. The first-order chi connectivity index (χ1) is 6.58. The van der Waals surface area contributed by atoms with Crippen LogP contribution in [0.25, 0.3) is 0 Å². The van der Waals surface area contributed by atoms with Crippen LogP contribution in [-0.2, 0) is 0 Å². The molecule has 0 bridgehead atoms. The van der Waals surface area contributed by atoms with Gasteiger partial charge in [0.25, 0.3) is 0 Å². The zero-order valence-corrected chi connectivity index (χ0v) is 9.74. The minimum Gasteiger partial charge on any atom is -0.392 e. The minimum absolute atomic E-state index is 0.0509. The largest absolute Gasteiger partial charge is 0.392 e. The molecule has 0 unspecified atom stereocenters. The van der Waals surface area contributed by atoms with Gasteiger partial charge in [-0.05, 0) is 39.4 Å². The van der Waals surface area contributed by atoms with Gasteiger partial charge in [0.1, 0.15) is 0 Å². The van der Waals surface area contributed by atoms with Gasteiger partial charge < -0.3 is 14.9 Å². The van der Waals surface area contributed by atoms with Crippen LogP contribution in [0.1, 0.15) is 19.8 Å². The maximum atomic E-state index is 8.86. The van der Waals surface area contributed by atoms with E-state index in [1.165, 1.54) is 19.5 Å². The zero-order valence-electron chi connectivity index (χ0n) is 9.74. The van der Waals surface area contributed by atoms with Crippen molar-refractivity contribution >= 4 is 0 Å². The van der Waals surface area contributed by atoms with E-state index < -0.39 is 0 Å². The molecule has 2 aliphatic rings. The molecule has 3 heteroatoms. The molecule has 0 spiro atoms. The smallest absolute Gasteiger partial charge is 0.0679 e. The molecular weight excluding hydrogens is 176 g/mol. The van der Waals surface area contributed by atoms with Crippen LogP contribution in [0, 0.1) is 5.92 Å². The third kappa shape index (κ3) is 4.40. The maximum Gasteiger partial charge on any atom is 0.0679 e. The Labute approximate surface area is 87.7 Å². The summed E-state index contributed by atoms with van der Waals surface area (Å²) in [4.78, 5) is 4.51.